The highest BCUT2D eigenvalue weighted by Gasteiger charge is 2.30. The Hall–Kier alpha value is -2.73. The van der Waals surface area contributed by atoms with Crippen LogP contribution in [0.1, 0.15) is 6.42 Å². The van der Waals surface area contributed by atoms with Crippen molar-refractivity contribution in [3.05, 3.63) is 72.1 Å². The molecule has 0 radical (unpaired) electrons. The van der Waals surface area contributed by atoms with Crippen LogP contribution in [-0.2, 0) is 9.84 Å². The van der Waals surface area contributed by atoms with Crippen LogP contribution in [-0.4, -0.2) is 26.2 Å². The largest absolute Gasteiger partial charge is 0.339 e. The molecule has 0 saturated carbocycles. The average molecular weight is 351 g/mol. The van der Waals surface area contributed by atoms with E-state index in [1.807, 2.05) is 12.3 Å². The summed E-state index contributed by atoms with van der Waals surface area (Å²) in [7, 11) is -3.20. The molecule has 0 bridgehead atoms. The zero-order valence-electron chi connectivity index (χ0n) is 13.7. The number of hydrogen-bond acceptors (Lipinski definition) is 5. The van der Waals surface area contributed by atoms with Crippen molar-refractivity contribution in [1.29, 1.82) is 0 Å². The van der Waals surface area contributed by atoms with Crippen molar-refractivity contribution in [3.8, 4) is 0 Å². The molecule has 1 N–H and O–H groups in total. The predicted molar refractivity (Wildman–Crippen MR) is 101 cm³/mol. The van der Waals surface area contributed by atoms with Gasteiger partial charge in [-0.15, -0.1) is 0 Å². The van der Waals surface area contributed by atoms with E-state index in [9.17, 15) is 8.42 Å². The number of allylic oxidation sites excluding steroid dienone is 6. The third-order valence-electron chi connectivity index (χ3n) is 4.35. The molecule has 2 heterocycles. The van der Waals surface area contributed by atoms with Crippen LogP contribution in [0.2, 0.25) is 0 Å². The molecular weight excluding hydrogens is 334 g/mol. The van der Waals surface area contributed by atoms with Crippen molar-refractivity contribution in [3.63, 3.8) is 0 Å². The molecule has 0 saturated heterocycles. The summed E-state index contributed by atoms with van der Waals surface area (Å²) in [6, 6.07) is 6.64. The number of amidine groups is 1. The van der Waals surface area contributed by atoms with Crippen LogP contribution in [0.4, 0.5) is 5.69 Å². The average Bonchev–Trinajstić information content (AvgIpc) is 3.24. The summed E-state index contributed by atoms with van der Waals surface area (Å²) >= 11 is 0. The predicted octanol–water partition coefficient (Wildman–Crippen LogP) is 3.27. The molecular formula is C19H17N3O2S. The Labute approximate surface area is 146 Å². The summed E-state index contributed by atoms with van der Waals surface area (Å²) < 4.78 is 23.1. The van der Waals surface area contributed by atoms with Gasteiger partial charge in [-0.2, -0.15) is 0 Å². The highest BCUT2D eigenvalue weighted by Crippen LogP contribution is 2.33. The molecule has 1 aromatic rings. The van der Waals surface area contributed by atoms with Gasteiger partial charge in [-0.1, -0.05) is 24.3 Å². The highest BCUT2D eigenvalue weighted by atomic mass is 32.2. The summed E-state index contributed by atoms with van der Waals surface area (Å²) in [5.74, 6) is 0.790. The molecule has 126 valence electrons. The van der Waals surface area contributed by atoms with Gasteiger partial charge in [0.15, 0.2) is 15.7 Å². The van der Waals surface area contributed by atoms with E-state index in [4.69, 9.17) is 0 Å². The maximum Gasteiger partial charge on any atom is 0.175 e. The van der Waals surface area contributed by atoms with Crippen LogP contribution < -0.4 is 5.32 Å². The molecule has 1 atom stereocenters. The van der Waals surface area contributed by atoms with Crippen LogP contribution in [0.25, 0.3) is 0 Å². The maximum absolute atomic E-state index is 11.6. The van der Waals surface area contributed by atoms with E-state index in [-0.39, 0.29) is 5.92 Å². The number of fused-ring (bicyclic) bond motifs is 1. The van der Waals surface area contributed by atoms with Gasteiger partial charge in [-0.3, -0.25) is 4.99 Å². The quantitative estimate of drug-likeness (QED) is 0.908. The van der Waals surface area contributed by atoms with Gasteiger partial charge in [0.25, 0.3) is 0 Å². The SMILES string of the molecule is CS(=O)(=O)c1ccc(NC2=NC=CC3C(C4=CCC=C4)=CN=C23)cc1. The molecule has 0 aromatic heterocycles. The van der Waals surface area contributed by atoms with Gasteiger partial charge in [-0.05, 0) is 41.8 Å². The van der Waals surface area contributed by atoms with Crippen LogP contribution in [0.15, 0.2) is 87.0 Å². The van der Waals surface area contributed by atoms with Gasteiger partial charge >= 0.3 is 0 Å². The Balaban J connectivity index is 1.54. The summed E-state index contributed by atoms with van der Waals surface area (Å²) in [4.78, 5) is 9.26. The molecule has 5 nitrogen and oxygen atoms in total. The minimum absolute atomic E-state index is 0.101. The molecule has 2 aliphatic heterocycles. The fourth-order valence-corrected chi connectivity index (χ4v) is 3.70. The van der Waals surface area contributed by atoms with Crippen molar-refractivity contribution < 1.29 is 8.42 Å². The van der Waals surface area contributed by atoms with E-state index in [1.165, 1.54) is 17.4 Å². The summed E-state index contributed by atoms with van der Waals surface area (Å²) in [5, 5.41) is 3.24. The lowest BCUT2D eigenvalue weighted by atomic mass is 9.89. The van der Waals surface area contributed by atoms with E-state index in [0.29, 0.717) is 10.7 Å². The lowest BCUT2D eigenvalue weighted by Gasteiger charge is -2.19. The van der Waals surface area contributed by atoms with Gasteiger partial charge in [-0.25, -0.2) is 13.4 Å². The number of rotatable bonds is 3. The highest BCUT2D eigenvalue weighted by molar-refractivity contribution is 7.90. The second-order valence-corrected chi connectivity index (χ2v) is 8.13. The van der Waals surface area contributed by atoms with Crippen molar-refractivity contribution >= 4 is 27.1 Å². The Morgan fingerprint density at radius 3 is 2.64 bits per heavy atom. The van der Waals surface area contributed by atoms with Crippen LogP contribution in [0, 0.1) is 5.92 Å². The lowest BCUT2D eigenvalue weighted by molar-refractivity contribution is 0.602. The molecule has 0 amide bonds. The summed E-state index contributed by atoms with van der Waals surface area (Å²) in [6.07, 6.45) is 14.4. The zero-order chi connectivity index (χ0) is 17.4. The Bertz CT molecular complexity index is 1010. The van der Waals surface area contributed by atoms with Crippen molar-refractivity contribution in [1.82, 2.24) is 0 Å². The third-order valence-corrected chi connectivity index (χ3v) is 5.48. The number of benzene rings is 1. The van der Waals surface area contributed by atoms with Crippen LogP contribution >= 0.6 is 0 Å². The van der Waals surface area contributed by atoms with Gasteiger partial charge in [0.1, 0.15) is 0 Å². The monoisotopic (exact) mass is 351 g/mol. The molecule has 6 heteroatoms. The summed E-state index contributed by atoms with van der Waals surface area (Å²) in [6.45, 7) is 0. The number of hydrogen-bond donors (Lipinski definition) is 1. The zero-order valence-corrected chi connectivity index (χ0v) is 14.5. The minimum atomic E-state index is -3.20. The van der Waals surface area contributed by atoms with E-state index < -0.39 is 9.84 Å². The fraction of sp³-hybridized carbons (Fsp3) is 0.158. The Morgan fingerprint density at radius 2 is 1.96 bits per heavy atom. The normalized spacial score (nSPS) is 21.4. The van der Waals surface area contributed by atoms with E-state index in [2.05, 4.69) is 33.5 Å². The van der Waals surface area contributed by atoms with Gasteiger partial charge in [0, 0.05) is 24.3 Å². The number of sulfone groups is 1. The van der Waals surface area contributed by atoms with Crippen molar-refractivity contribution in [2.75, 3.05) is 11.6 Å². The minimum Gasteiger partial charge on any atom is -0.339 e. The molecule has 3 aliphatic rings. The first-order chi connectivity index (χ1) is 12.0. The Kier molecular flexibility index (Phi) is 3.77. The molecule has 1 aliphatic carbocycles. The van der Waals surface area contributed by atoms with Crippen molar-refractivity contribution in [2.24, 2.45) is 15.9 Å². The number of aliphatic imine (C=N–C) groups is 2. The van der Waals surface area contributed by atoms with Gasteiger partial charge in [0.2, 0.25) is 0 Å². The first-order valence-electron chi connectivity index (χ1n) is 7.99. The second-order valence-electron chi connectivity index (χ2n) is 6.11. The first kappa shape index (κ1) is 15.8. The van der Waals surface area contributed by atoms with Crippen molar-refractivity contribution in [2.45, 2.75) is 11.3 Å². The standard InChI is InChI=1S/C19H17N3O2S/c1-25(23,24)15-8-6-14(7-9-15)22-19-18-16(10-11-20-19)17(12-21-18)13-4-2-3-5-13/h2,4-12,16H,3H2,1H3,(H,20,22). The fourth-order valence-electron chi connectivity index (χ4n) is 3.06. The first-order valence-corrected chi connectivity index (χ1v) is 9.88. The smallest absolute Gasteiger partial charge is 0.175 e. The van der Waals surface area contributed by atoms with Crippen LogP contribution in [0.3, 0.4) is 0 Å². The molecule has 25 heavy (non-hydrogen) atoms. The number of nitrogens with zero attached hydrogens (tertiary/aromatic N) is 2. The Morgan fingerprint density at radius 1 is 1.16 bits per heavy atom. The molecule has 4 rings (SSSR count). The van der Waals surface area contributed by atoms with E-state index in [0.717, 1.165) is 17.8 Å². The summed E-state index contributed by atoms with van der Waals surface area (Å²) in [5.41, 5.74) is 4.05. The maximum atomic E-state index is 11.6. The molecule has 1 unspecified atom stereocenters. The second kappa shape index (κ2) is 5.97. The molecule has 1 aromatic carbocycles. The lowest BCUT2D eigenvalue weighted by Crippen LogP contribution is -2.30. The van der Waals surface area contributed by atoms with E-state index in [1.54, 1.807) is 30.5 Å². The van der Waals surface area contributed by atoms with Crippen LogP contribution in [0.5, 0.6) is 0 Å². The molecule has 0 spiro atoms. The van der Waals surface area contributed by atoms with Gasteiger partial charge < -0.3 is 5.32 Å². The third kappa shape index (κ3) is 3.00. The number of nitrogens with one attached hydrogen (secondary N) is 1. The molecule has 0 fully saturated rings. The van der Waals surface area contributed by atoms with Gasteiger partial charge in [0.05, 0.1) is 16.5 Å². The number of anilines is 1. The topological polar surface area (TPSA) is 70.9 Å². The van der Waals surface area contributed by atoms with E-state index >= 15 is 0 Å².